The molecule has 0 aromatic heterocycles. The molecular formula is C25H28O6. The van der Waals surface area contributed by atoms with Crippen molar-refractivity contribution in [1.29, 1.82) is 0 Å². The van der Waals surface area contributed by atoms with Gasteiger partial charge in [0.25, 0.3) is 0 Å². The minimum atomic E-state index is -0.991. The second-order valence-corrected chi connectivity index (χ2v) is 8.23. The third kappa shape index (κ3) is 4.36. The molecule has 4 unspecified atom stereocenters. The lowest BCUT2D eigenvalue weighted by Gasteiger charge is -2.34. The van der Waals surface area contributed by atoms with Crippen LogP contribution in [0.3, 0.4) is 0 Å². The number of benzene rings is 2. The summed E-state index contributed by atoms with van der Waals surface area (Å²) in [6, 6.07) is 17.7. The number of ether oxygens (including phenoxy) is 4. The van der Waals surface area contributed by atoms with Gasteiger partial charge in [0.15, 0.2) is 6.10 Å². The predicted octanol–water partition coefficient (Wildman–Crippen LogP) is 4.39. The zero-order valence-electron chi connectivity index (χ0n) is 18.0. The molecule has 1 aliphatic carbocycles. The summed E-state index contributed by atoms with van der Waals surface area (Å²) >= 11 is 0. The Balaban J connectivity index is 1.48. The van der Waals surface area contributed by atoms with Gasteiger partial charge in [0.1, 0.15) is 6.10 Å². The summed E-state index contributed by atoms with van der Waals surface area (Å²) in [4.78, 5) is 25.2. The van der Waals surface area contributed by atoms with Gasteiger partial charge >= 0.3 is 11.9 Å². The zero-order chi connectivity index (χ0) is 22.0. The van der Waals surface area contributed by atoms with Crippen molar-refractivity contribution in [3.05, 3.63) is 71.8 Å². The van der Waals surface area contributed by atoms with E-state index in [1.165, 1.54) is 0 Å². The van der Waals surface area contributed by atoms with Crippen molar-refractivity contribution in [3.63, 3.8) is 0 Å². The molecule has 0 amide bonds. The fourth-order valence-corrected chi connectivity index (χ4v) is 4.05. The van der Waals surface area contributed by atoms with Crippen LogP contribution in [-0.2, 0) is 18.9 Å². The molecule has 2 fully saturated rings. The van der Waals surface area contributed by atoms with Gasteiger partial charge in [-0.05, 0) is 51.0 Å². The van der Waals surface area contributed by atoms with Crippen molar-refractivity contribution in [2.24, 2.45) is 5.92 Å². The average Bonchev–Trinajstić information content (AvgIpc) is 3.38. The van der Waals surface area contributed by atoms with Crippen LogP contribution in [0.25, 0.3) is 0 Å². The van der Waals surface area contributed by atoms with Gasteiger partial charge in [0.05, 0.1) is 29.3 Å². The van der Waals surface area contributed by atoms with Crippen LogP contribution in [0, 0.1) is 5.92 Å². The smallest absolute Gasteiger partial charge is 0.338 e. The van der Waals surface area contributed by atoms with Crippen LogP contribution in [0.5, 0.6) is 0 Å². The summed E-state index contributed by atoms with van der Waals surface area (Å²) in [5.74, 6) is -2.00. The zero-order valence-corrected chi connectivity index (χ0v) is 18.0. The van der Waals surface area contributed by atoms with Crippen LogP contribution in [-0.4, -0.2) is 42.1 Å². The molecule has 2 aromatic rings. The fourth-order valence-electron chi connectivity index (χ4n) is 4.05. The Hall–Kier alpha value is -2.70. The van der Waals surface area contributed by atoms with Gasteiger partial charge in [-0.2, -0.15) is 0 Å². The molecule has 1 aliphatic heterocycles. The second kappa shape index (κ2) is 8.81. The molecular weight excluding hydrogens is 396 g/mol. The lowest BCUT2D eigenvalue weighted by molar-refractivity contribution is -0.261. The van der Waals surface area contributed by atoms with E-state index < -0.39 is 36.0 Å². The van der Waals surface area contributed by atoms with Crippen molar-refractivity contribution < 1.29 is 28.5 Å². The van der Waals surface area contributed by atoms with Crippen LogP contribution in [0.15, 0.2) is 60.7 Å². The largest absolute Gasteiger partial charge is 0.456 e. The molecule has 164 valence electrons. The maximum atomic E-state index is 12.6. The van der Waals surface area contributed by atoms with E-state index in [4.69, 9.17) is 18.9 Å². The van der Waals surface area contributed by atoms with E-state index in [-0.39, 0.29) is 12.0 Å². The van der Waals surface area contributed by atoms with Gasteiger partial charge in [-0.15, -0.1) is 0 Å². The Bertz CT molecular complexity index is 914. The summed E-state index contributed by atoms with van der Waals surface area (Å²) in [7, 11) is 0. The number of carbonyl (C=O) groups excluding carboxylic acids is 2. The first kappa shape index (κ1) is 21.5. The van der Waals surface area contributed by atoms with E-state index in [1.807, 2.05) is 32.9 Å². The quantitative estimate of drug-likeness (QED) is 0.614. The highest BCUT2D eigenvalue weighted by atomic mass is 16.8. The summed E-state index contributed by atoms with van der Waals surface area (Å²) < 4.78 is 24.0. The van der Waals surface area contributed by atoms with Crippen LogP contribution >= 0.6 is 0 Å². The van der Waals surface area contributed by atoms with Crippen molar-refractivity contribution in [2.75, 3.05) is 0 Å². The molecule has 6 nitrogen and oxygen atoms in total. The summed E-state index contributed by atoms with van der Waals surface area (Å²) in [5.41, 5.74) is 0.968. The topological polar surface area (TPSA) is 71.1 Å². The fraction of sp³-hybridized carbons (Fsp3) is 0.440. The molecule has 1 heterocycles. The highest BCUT2D eigenvalue weighted by Crippen LogP contribution is 2.58. The third-order valence-corrected chi connectivity index (χ3v) is 6.02. The first-order chi connectivity index (χ1) is 14.9. The van der Waals surface area contributed by atoms with Crippen molar-refractivity contribution in [1.82, 2.24) is 0 Å². The number of hydrogen-bond donors (Lipinski definition) is 0. The molecule has 6 atom stereocenters. The predicted molar refractivity (Wildman–Crippen MR) is 114 cm³/mol. The molecule has 6 heteroatoms. The average molecular weight is 424 g/mol. The van der Waals surface area contributed by atoms with Crippen LogP contribution in [0.4, 0.5) is 0 Å². The highest BCUT2D eigenvalue weighted by molar-refractivity contribution is 5.90. The monoisotopic (exact) mass is 424 g/mol. The van der Waals surface area contributed by atoms with Gasteiger partial charge in [0, 0.05) is 0 Å². The van der Waals surface area contributed by atoms with Gasteiger partial charge in [-0.25, -0.2) is 9.59 Å². The molecule has 1 saturated carbocycles. The van der Waals surface area contributed by atoms with Crippen LogP contribution in [0.2, 0.25) is 0 Å². The maximum absolute atomic E-state index is 12.6. The van der Waals surface area contributed by atoms with Crippen molar-refractivity contribution >= 4 is 11.9 Å². The lowest BCUT2D eigenvalue weighted by Crippen LogP contribution is -2.44. The molecule has 31 heavy (non-hydrogen) atoms. The molecule has 0 N–H and O–H groups in total. The Labute approximate surface area is 182 Å². The van der Waals surface area contributed by atoms with Crippen molar-refractivity contribution in [2.45, 2.75) is 63.8 Å². The first-order valence-electron chi connectivity index (χ1n) is 10.8. The number of esters is 2. The Morgan fingerprint density at radius 1 is 1.00 bits per heavy atom. The van der Waals surface area contributed by atoms with Gasteiger partial charge in [0.2, 0.25) is 5.79 Å². The van der Waals surface area contributed by atoms with Crippen LogP contribution < -0.4 is 0 Å². The molecule has 2 aromatic carbocycles. The number of rotatable bonds is 7. The van der Waals surface area contributed by atoms with E-state index >= 15 is 0 Å². The van der Waals surface area contributed by atoms with Crippen LogP contribution in [0.1, 0.15) is 54.3 Å². The lowest BCUT2D eigenvalue weighted by atomic mass is 10.0. The summed E-state index contributed by atoms with van der Waals surface area (Å²) in [5, 5.41) is 0. The second-order valence-electron chi connectivity index (χ2n) is 8.23. The summed E-state index contributed by atoms with van der Waals surface area (Å²) in [6.45, 7) is 5.85. The molecule has 4 rings (SSSR count). The number of hydrogen-bond acceptors (Lipinski definition) is 6. The van der Waals surface area contributed by atoms with Crippen molar-refractivity contribution in [3.8, 4) is 0 Å². The van der Waals surface area contributed by atoms with Gasteiger partial charge in [-0.3, -0.25) is 0 Å². The summed E-state index contributed by atoms with van der Waals surface area (Å²) in [6.07, 6.45) is -0.142. The molecule has 0 spiro atoms. The van der Waals surface area contributed by atoms with E-state index in [1.54, 1.807) is 48.5 Å². The standard InChI is InChI=1S/C25H28O6/c1-4-16(2)30-25-20(22(25)29-24(27)19-13-9-6-10-14-19)15-21(17(3)31-25)28-23(26)18-11-7-5-8-12-18/h5-14,16-17,20-22H,4,15H2,1-3H3/t16-,17?,20?,21-,22?,25?/m1/s1. The molecule has 1 saturated heterocycles. The number of carbonyl (C=O) groups is 2. The first-order valence-corrected chi connectivity index (χ1v) is 10.8. The van der Waals surface area contributed by atoms with E-state index in [2.05, 4.69) is 0 Å². The third-order valence-electron chi connectivity index (χ3n) is 6.02. The van der Waals surface area contributed by atoms with Gasteiger partial charge in [-0.1, -0.05) is 43.3 Å². The minimum Gasteiger partial charge on any atom is -0.456 e. The van der Waals surface area contributed by atoms with E-state index in [0.29, 0.717) is 17.5 Å². The molecule has 0 radical (unpaired) electrons. The normalized spacial score (nSPS) is 30.0. The Kier molecular flexibility index (Phi) is 6.12. The number of fused-ring (bicyclic) bond motifs is 1. The van der Waals surface area contributed by atoms with E-state index in [9.17, 15) is 9.59 Å². The Morgan fingerprint density at radius 2 is 1.55 bits per heavy atom. The SMILES string of the molecule is CC[C@@H](C)OC12OC(C)[C@H](OC(=O)c3ccccc3)CC1C2OC(=O)c1ccccc1. The highest BCUT2D eigenvalue weighted by Gasteiger charge is 2.75. The molecule has 0 bridgehead atoms. The minimum absolute atomic E-state index is 0.0569. The van der Waals surface area contributed by atoms with E-state index in [0.717, 1.165) is 6.42 Å². The Morgan fingerprint density at radius 3 is 2.10 bits per heavy atom. The maximum Gasteiger partial charge on any atom is 0.338 e. The molecule has 2 aliphatic rings. The van der Waals surface area contributed by atoms with Gasteiger partial charge < -0.3 is 18.9 Å².